The molecule has 2 aromatic heterocycles. The molecular weight excluding hydrogens is 597 g/mol. The fourth-order valence-corrected chi connectivity index (χ4v) is 7.54. The number of hydrogen-bond donors (Lipinski definition) is 0. The first-order chi connectivity index (χ1) is 24.3. The van der Waals surface area contributed by atoms with E-state index in [-0.39, 0.29) is 0 Å². The van der Waals surface area contributed by atoms with Crippen molar-refractivity contribution in [2.75, 3.05) is 4.90 Å². The Hall–Kier alpha value is -6.58. The Kier molecular flexibility index (Phi) is 6.18. The number of nitrogens with zero attached hydrogens (tertiary/aromatic N) is 2. The second-order valence-corrected chi connectivity index (χ2v) is 12.6. The molecule has 0 saturated carbocycles. The molecule has 0 aliphatic heterocycles. The minimum absolute atomic E-state index is 0.865. The minimum Gasteiger partial charge on any atom is -0.454 e. The molecular formula is C46H30N2O. The molecule has 0 atom stereocenters. The molecule has 0 spiro atoms. The van der Waals surface area contributed by atoms with Gasteiger partial charge in [-0.15, -0.1) is 0 Å². The molecule has 0 N–H and O–H groups in total. The molecule has 0 bridgehead atoms. The molecule has 49 heavy (non-hydrogen) atoms. The highest BCUT2D eigenvalue weighted by atomic mass is 16.3. The van der Waals surface area contributed by atoms with Crippen molar-refractivity contribution in [2.24, 2.45) is 0 Å². The minimum atomic E-state index is 0.865. The van der Waals surface area contributed by atoms with E-state index in [4.69, 9.17) is 4.42 Å². The normalized spacial score (nSPS) is 11.7. The predicted molar refractivity (Wildman–Crippen MR) is 206 cm³/mol. The molecule has 230 valence electrons. The molecule has 3 heteroatoms. The van der Waals surface area contributed by atoms with Gasteiger partial charge in [0.25, 0.3) is 0 Å². The Morgan fingerprint density at radius 3 is 1.92 bits per heavy atom. The summed E-state index contributed by atoms with van der Waals surface area (Å²) in [7, 11) is 0. The maximum Gasteiger partial charge on any atom is 0.159 e. The molecule has 0 unspecified atom stereocenters. The number of rotatable bonds is 5. The summed E-state index contributed by atoms with van der Waals surface area (Å²) in [5, 5.41) is 7.11. The highest BCUT2D eigenvalue weighted by Gasteiger charge is 2.22. The maximum absolute atomic E-state index is 6.79. The molecule has 0 aliphatic rings. The van der Waals surface area contributed by atoms with Crippen LogP contribution in [0, 0.1) is 0 Å². The van der Waals surface area contributed by atoms with Gasteiger partial charge >= 0.3 is 0 Å². The quantitative estimate of drug-likeness (QED) is 0.190. The van der Waals surface area contributed by atoms with Gasteiger partial charge in [-0.25, -0.2) is 0 Å². The van der Waals surface area contributed by atoms with Crippen LogP contribution in [0.5, 0.6) is 0 Å². The van der Waals surface area contributed by atoms with E-state index in [1.807, 2.05) is 0 Å². The molecule has 0 saturated heterocycles. The van der Waals surface area contributed by atoms with Crippen LogP contribution >= 0.6 is 0 Å². The average molecular weight is 627 g/mol. The number of furan rings is 1. The molecule has 10 rings (SSSR count). The number of benzene rings is 8. The molecule has 0 fully saturated rings. The van der Waals surface area contributed by atoms with Gasteiger partial charge in [-0.2, -0.15) is 0 Å². The van der Waals surface area contributed by atoms with Crippen molar-refractivity contribution < 1.29 is 4.42 Å². The Balaban J connectivity index is 1.24. The van der Waals surface area contributed by atoms with Crippen LogP contribution in [0.25, 0.3) is 71.3 Å². The third kappa shape index (κ3) is 4.37. The van der Waals surface area contributed by atoms with E-state index >= 15 is 0 Å². The Labute approximate surface area is 283 Å². The highest BCUT2D eigenvalue weighted by molar-refractivity contribution is 6.21. The van der Waals surface area contributed by atoms with Gasteiger partial charge in [0.1, 0.15) is 5.58 Å². The van der Waals surface area contributed by atoms with E-state index in [9.17, 15) is 0 Å². The summed E-state index contributed by atoms with van der Waals surface area (Å²) in [5.74, 6) is 0. The number of para-hydroxylation sites is 3. The van der Waals surface area contributed by atoms with Crippen LogP contribution in [0.2, 0.25) is 0 Å². The lowest BCUT2D eigenvalue weighted by Crippen LogP contribution is -2.10. The molecule has 2 heterocycles. The van der Waals surface area contributed by atoms with Crippen LogP contribution in [0.15, 0.2) is 186 Å². The maximum atomic E-state index is 6.79. The van der Waals surface area contributed by atoms with Crippen LogP contribution in [0.4, 0.5) is 17.1 Å². The third-order valence-corrected chi connectivity index (χ3v) is 9.77. The number of hydrogen-bond acceptors (Lipinski definition) is 2. The summed E-state index contributed by atoms with van der Waals surface area (Å²) < 4.78 is 9.16. The van der Waals surface area contributed by atoms with Crippen LogP contribution in [0.3, 0.4) is 0 Å². The lowest BCUT2D eigenvalue weighted by molar-refractivity contribution is 0.669. The van der Waals surface area contributed by atoms with Crippen LogP contribution in [0.1, 0.15) is 0 Å². The first kappa shape index (κ1) is 27.5. The van der Waals surface area contributed by atoms with Crippen molar-refractivity contribution in [3.8, 4) is 16.8 Å². The topological polar surface area (TPSA) is 21.3 Å². The Bertz CT molecular complexity index is 2810. The summed E-state index contributed by atoms with van der Waals surface area (Å²) in [6.07, 6.45) is 0. The first-order valence-electron chi connectivity index (χ1n) is 16.7. The Morgan fingerprint density at radius 2 is 1.08 bits per heavy atom. The molecule has 8 aromatic carbocycles. The summed E-state index contributed by atoms with van der Waals surface area (Å²) >= 11 is 0. The van der Waals surface area contributed by atoms with Crippen molar-refractivity contribution in [1.82, 2.24) is 4.57 Å². The lowest BCUT2D eigenvalue weighted by atomic mass is 10.0. The summed E-state index contributed by atoms with van der Waals surface area (Å²) in [6.45, 7) is 0. The van der Waals surface area contributed by atoms with Gasteiger partial charge in [-0.1, -0.05) is 127 Å². The van der Waals surface area contributed by atoms with E-state index in [2.05, 4.69) is 191 Å². The second kappa shape index (κ2) is 11.0. The molecule has 10 aromatic rings. The van der Waals surface area contributed by atoms with Crippen molar-refractivity contribution in [2.45, 2.75) is 0 Å². The van der Waals surface area contributed by atoms with Gasteiger partial charge in [0.2, 0.25) is 0 Å². The highest BCUT2D eigenvalue weighted by Crippen LogP contribution is 2.45. The molecule has 3 nitrogen and oxygen atoms in total. The first-order valence-corrected chi connectivity index (χ1v) is 16.7. The number of anilines is 3. The van der Waals surface area contributed by atoms with Crippen molar-refractivity contribution in [1.29, 1.82) is 0 Å². The third-order valence-electron chi connectivity index (χ3n) is 9.77. The second-order valence-electron chi connectivity index (χ2n) is 12.6. The zero-order chi connectivity index (χ0) is 32.3. The summed E-state index contributed by atoms with van der Waals surface area (Å²) in [6, 6.07) is 64.9. The van der Waals surface area contributed by atoms with E-state index in [1.165, 1.54) is 38.2 Å². The zero-order valence-corrected chi connectivity index (χ0v) is 26.6. The molecule has 0 aliphatic carbocycles. The smallest absolute Gasteiger partial charge is 0.159 e. The van der Waals surface area contributed by atoms with Crippen molar-refractivity contribution in [3.63, 3.8) is 0 Å². The largest absolute Gasteiger partial charge is 0.454 e. The summed E-state index contributed by atoms with van der Waals surface area (Å²) in [4.78, 5) is 2.34. The molecule has 0 amide bonds. The molecule has 0 radical (unpaired) electrons. The monoisotopic (exact) mass is 626 g/mol. The Morgan fingerprint density at radius 1 is 0.429 bits per heavy atom. The van der Waals surface area contributed by atoms with Crippen LogP contribution in [-0.4, -0.2) is 4.57 Å². The number of aromatic nitrogens is 1. The fraction of sp³-hybridized carbons (Fsp3) is 0. The standard InChI is InChI=1S/C46H30N2O/c1-3-12-31(13-4-1)32-22-25-35(26-23-32)47(42-21-11-19-40-45-37-17-8-7-14-33(37)24-29-44(45)49-46(40)42)36-27-28-39-38-18-9-10-20-41(38)48(43(39)30-36)34-15-5-2-6-16-34/h1-30H. The number of fused-ring (bicyclic) bond motifs is 8. The van der Waals surface area contributed by atoms with E-state index in [1.54, 1.807) is 0 Å². The van der Waals surface area contributed by atoms with E-state index < -0.39 is 0 Å². The van der Waals surface area contributed by atoms with E-state index in [0.717, 1.165) is 50.2 Å². The summed E-state index contributed by atoms with van der Waals surface area (Å²) in [5.41, 5.74) is 10.7. The van der Waals surface area contributed by atoms with Gasteiger partial charge in [-0.3, -0.25) is 0 Å². The SMILES string of the molecule is c1ccc(-c2ccc(N(c3ccc4c5ccccc5n(-c5ccccc5)c4c3)c3cccc4c3oc3ccc5ccccc5c34)cc2)cc1. The van der Waals surface area contributed by atoms with Gasteiger partial charge in [0.05, 0.1) is 16.7 Å². The van der Waals surface area contributed by atoms with Gasteiger partial charge < -0.3 is 13.9 Å². The van der Waals surface area contributed by atoms with Crippen LogP contribution in [-0.2, 0) is 0 Å². The van der Waals surface area contributed by atoms with Gasteiger partial charge in [-0.05, 0) is 76.5 Å². The fourth-order valence-electron chi connectivity index (χ4n) is 7.54. The zero-order valence-electron chi connectivity index (χ0n) is 26.6. The van der Waals surface area contributed by atoms with Gasteiger partial charge in [0, 0.05) is 38.6 Å². The lowest BCUT2D eigenvalue weighted by Gasteiger charge is -2.26. The van der Waals surface area contributed by atoms with Crippen molar-refractivity contribution >= 4 is 71.6 Å². The van der Waals surface area contributed by atoms with E-state index in [0.29, 0.717) is 0 Å². The van der Waals surface area contributed by atoms with Crippen LogP contribution < -0.4 is 4.90 Å². The van der Waals surface area contributed by atoms with Crippen molar-refractivity contribution in [3.05, 3.63) is 182 Å². The average Bonchev–Trinajstić information content (AvgIpc) is 3.72. The van der Waals surface area contributed by atoms with Gasteiger partial charge in [0.15, 0.2) is 5.58 Å². The predicted octanol–water partition coefficient (Wildman–Crippen LogP) is 13.0.